The Balaban J connectivity index is 1.60. The Bertz CT molecular complexity index is 570. The number of piperidine rings is 1. The summed E-state index contributed by atoms with van der Waals surface area (Å²) in [6.45, 7) is 4.21. The summed E-state index contributed by atoms with van der Waals surface area (Å²) in [7, 11) is 0. The Hall–Kier alpha value is -1.91. The molecular formula is C21H38N4O6. The Labute approximate surface area is 184 Å². The third kappa shape index (κ3) is 10.3. The highest BCUT2D eigenvalue weighted by Gasteiger charge is 2.28. The maximum atomic E-state index is 12.2. The molecule has 10 nitrogen and oxygen atoms in total. The molecule has 0 aromatic heterocycles. The van der Waals surface area contributed by atoms with E-state index >= 15 is 0 Å². The number of hydrogen-bond donors (Lipinski definition) is 5. The monoisotopic (exact) mass is 442 g/mol. The molecule has 2 amide bonds. The van der Waals surface area contributed by atoms with Gasteiger partial charge in [-0.25, -0.2) is 9.59 Å². The average Bonchev–Trinajstić information content (AvgIpc) is 3.19. The van der Waals surface area contributed by atoms with Crippen LogP contribution >= 0.6 is 0 Å². The van der Waals surface area contributed by atoms with Crippen molar-refractivity contribution in [3.05, 3.63) is 0 Å². The van der Waals surface area contributed by atoms with E-state index in [0.717, 1.165) is 44.7 Å². The lowest BCUT2D eigenvalue weighted by Gasteiger charge is -2.22. The number of hydroxylamine groups is 1. The first-order valence-electron chi connectivity index (χ1n) is 11.5. The second-order valence-electron chi connectivity index (χ2n) is 8.45. The molecule has 2 saturated heterocycles. The summed E-state index contributed by atoms with van der Waals surface area (Å²) in [6, 6.07) is -1.01. The molecule has 0 aliphatic carbocycles. The van der Waals surface area contributed by atoms with Crippen LogP contribution in [0.1, 0.15) is 64.7 Å². The molecule has 2 heterocycles. The van der Waals surface area contributed by atoms with E-state index in [1.165, 1.54) is 19.3 Å². The molecule has 0 aromatic carbocycles. The number of rotatable bonds is 13. The molecule has 0 unspecified atom stereocenters. The van der Waals surface area contributed by atoms with Crippen LogP contribution in [0.2, 0.25) is 0 Å². The number of ether oxygens (including phenoxy) is 1. The molecule has 10 heteroatoms. The van der Waals surface area contributed by atoms with E-state index in [0.29, 0.717) is 6.42 Å². The van der Waals surface area contributed by atoms with Gasteiger partial charge >= 0.3 is 12.1 Å². The highest BCUT2D eigenvalue weighted by molar-refractivity contribution is 5.82. The fraction of sp³-hybridized carbons (Fsp3) is 0.857. The first-order valence-corrected chi connectivity index (χ1v) is 11.5. The number of carbonyl (C=O) groups excluding carboxylic acids is 2. The first kappa shape index (κ1) is 25.4. The number of alkyl carbamates (subject to hydrolysis) is 1. The molecule has 178 valence electrons. The van der Waals surface area contributed by atoms with Gasteiger partial charge in [0.05, 0.1) is 19.1 Å². The second-order valence-corrected chi connectivity index (χ2v) is 8.45. The molecule has 0 spiro atoms. The lowest BCUT2D eigenvalue weighted by atomic mass is 9.91. The molecule has 31 heavy (non-hydrogen) atoms. The minimum atomic E-state index is -1.25. The van der Waals surface area contributed by atoms with E-state index in [9.17, 15) is 19.5 Å². The van der Waals surface area contributed by atoms with Crippen LogP contribution in [0.25, 0.3) is 0 Å². The maximum absolute atomic E-state index is 12.2. The number of carboxylic acids is 1. The molecule has 2 fully saturated rings. The van der Waals surface area contributed by atoms with Gasteiger partial charge in [0, 0.05) is 12.6 Å². The molecule has 0 saturated carbocycles. The third-order valence-corrected chi connectivity index (χ3v) is 5.81. The van der Waals surface area contributed by atoms with Crippen LogP contribution in [0.3, 0.4) is 0 Å². The van der Waals surface area contributed by atoms with Crippen LogP contribution in [-0.4, -0.2) is 67.5 Å². The summed E-state index contributed by atoms with van der Waals surface area (Å²) in [5, 5.41) is 17.4. The molecule has 2 aliphatic rings. The van der Waals surface area contributed by atoms with Gasteiger partial charge in [-0.15, -0.1) is 0 Å². The summed E-state index contributed by atoms with van der Waals surface area (Å²) >= 11 is 0. The normalized spacial score (nSPS) is 22.6. The second kappa shape index (κ2) is 14.2. The molecule has 0 radical (unpaired) electrons. The van der Waals surface area contributed by atoms with Gasteiger partial charge in [0.15, 0.2) is 0 Å². The van der Waals surface area contributed by atoms with Crippen LogP contribution in [0.5, 0.6) is 0 Å². The predicted octanol–water partition coefficient (Wildman–Crippen LogP) is 1.30. The Morgan fingerprint density at radius 1 is 1.19 bits per heavy atom. The van der Waals surface area contributed by atoms with Crippen LogP contribution in [-0.2, 0) is 19.2 Å². The Kier molecular flexibility index (Phi) is 11.6. The van der Waals surface area contributed by atoms with Crippen LogP contribution in [0.4, 0.5) is 4.79 Å². The summed E-state index contributed by atoms with van der Waals surface area (Å²) in [6.07, 6.45) is 7.33. The lowest BCUT2D eigenvalue weighted by Crippen LogP contribution is -2.48. The maximum Gasteiger partial charge on any atom is 0.407 e. The van der Waals surface area contributed by atoms with Gasteiger partial charge in [-0.05, 0) is 51.1 Å². The number of aliphatic carboxylic acids is 1. The topological polar surface area (TPSA) is 138 Å². The lowest BCUT2D eigenvalue weighted by molar-refractivity contribution is -0.139. The minimum Gasteiger partial charge on any atom is -0.480 e. The largest absolute Gasteiger partial charge is 0.480 e. The van der Waals surface area contributed by atoms with Crippen LogP contribution in [0.15, 0.2) is 0 Å². The molecule has 0 bridgehead atoms. The van der Waals surface area contributed by atoms with Crippen molar-refractivity contribution in [2.45, 2.75) is 82.9 Å². The predicted molar refractivity (Wildman–Crippen MR) is 114 cm³/mol. The summed E-state index contributed by atoms with van der Waals surface area (Å²) in [5.41, 5.74) is 3.02. The van der Waals surface area contributed by atoms with Crippen molar-refractivity contribution in [2.75, 3.05) is 26.2 Å². The van der Waals surface area contributed by atoms with Crippen molar-refractivity contribution in [1.29, 1.82) is 0 Å². The highest BCUT2D eigenvalue weighted by Crippen LogP contribution is 2.22. The summed E-state index contributed by atoms with van der Waals surface area (Å²) in [5.74, 6) is -0.736. The molecule has 0 aromatic rings. The van der Waals surface area contributed by atoms with Crippen molar-refractivity contribution in [3.8, 4) is 0 Å². The zero-order valence-electron chi connectivity index (χ0n) is 18.5. The van der Waals surface area contributed by atoms with Crippen molar-refractivity contribution in [2.24, 2.45) is 5.92 Å². The standard InChI is InChI=1S/C21H38N4O6/c1-2-3-11-30-21(29)24-18(20(27)28)14-23-19(26)13-17-12-16(25-31-17)6-4-5-15-7-9-22-10-8-15/h15-18,22,25H,2-14H2,1H3,(H,23,26)(H,24,29)(H,27,28)/t16-,17+,18-/m0/s1. The zero-order valence-corrected chi connectivity index (χ0v) is 18.5. The number of hydrogen-bond acceptors (Lipinski definition) is 7. The SMILES string of the molecule is CCCCOC(=O)N[C@@H](CNC(=O)C[C@H]1C[C@H](CCCC2CCNCC2)NO1)C(=O)O. The van der Waals surface area contributed by atoms with Gasteiger partial charge in [0.1, 0.15) is 6.04 Å². The van der Waals surface area contributed by atoms with Gasteiger partial charge < -0.3 is 25.8 Å². The van der Waals surface area contributed by atoms with E-state index in [1.807, 2.05) is 6.92 Å². The van der Waals surface area contributed by atoms with Crippen LogP contribution in [0, 0.1) is 5.92 Å². The van der Waals surface area contributed by atoms with E-state index in [-0.39, 0.29) is 37.6 Å². The zero-order chi connectivity index (χ0) is 22.5. The van der Waals surface area contributed by atoms with E-state index in [2.05, 4.69) is 21.4 Å². The number of carboxylic acid groups (broad SMARTS) is 1. The van der Waals surface area contributed by atoms with Crippen molar-refractivity contribution in [1.82, 2.24) is 21.4 Å². The van der Waals surface area contributed by atoms with Gasteiger partial charge in [0.2, 0.25) is 5.91 Å². The molecular weight excluding hydrogens is 404 g/mol. The Morgan fingerprint density at radius 3 is 2.68 bits per heavy atom. The molecule has 2 rings (SSSR count). The smallest absolute Gasteiger partial charge is 0.407 e. The number of unbranched alkanes of at least 4 members (excludes halogenated alkanes) is 1. The van der Waals surface area contributed by atoms with Crippen LogP contribution < -0.4 is 21.4 Å². The Morgan fingerprint density at radius 2 is 1.97 bits per heavy atom. The first-order chi connectivity index (χ1) is 15.0. The van der Waals surface area contributed by atoms with E-state index in [1.54, 1.807) is 0 Å². The average molecular weight is 443 g/mol. The number of carbonyl (C=O) groups is 3. The highest BCUT2D eigenvalue weighted by atomic mass is 16.7. The number of nitrogens with one attached hydrogen (secondary N) is 4. The van der Waals surface area contributed by atoms with Gasteiger partial charge in [0.25, 0.3) is 0 Å². The molecule has 2 aliphatic heterocycles. The van der Waals surface area contributed by atoms with Crippen molar-refractivity contribution in [3.63, 3.8) is 0 Å². The van der Waals surface area contributed by atoms with Gasteiger partial charge in [-0.1, -0.05) is 26.2 Å². The quantitative estimate of drug-likeness (QED) is 0.269. The molecule has 3 atom stereocenters. The van der Waals surface area contributed by atoms with E-state index < -0.39 is 18.1 Å². The fourth-order valence-corrected chi connectivity index (χ4v) is 3.92. The fourth-order valence-electron chi connectivity index (χ4n) is 3.92. The van der Waals surface area contributed by atoms with Gasteiger partial charge in [-0.3, -0.25) is 9.63 Å². The molecule has 5 N–H and O–H groups in total. The van der Waals surface area contributed by atoms with Crippen molar-refractivity contribution < 1.29 is 29.1 Å². The minimum absolute atomic E-state index is 0.144. The number of amides is 2. The summed E-state index contributed by atoms with van der Waals surface area (Å²) < 4.78 is 4.90. The van der Waals surface area contributed by atoms with Crippen molar-refractivity contribution >= 4 is 18.0 Å². The van der Waals surface area contributed by atoms with E-state index in [4.69, 9.17) is 9.57 Å². The summed E-state index contributed by atoms with van der Waals surface area (Å²) in [4.78, 5) is 40.7. The third-order valence-electron chi connectivity index (χ3n) is 5.81. The van der Waals surface area contributed by atoms with Gasteiger partial charge in [-0.2, -0.15) is 5.48 Å².